The van der Waals surface area contributed by atoms with Crippen LogP contribution in [0.5, 0.6) is 0 Å². The molecule has 3 N–H and O–H groups in total. The van der Waals surface area contributed by atoms with Gasteiger partial charge in [-0.05, 0) is 31.8 Å². The van der Waals surface area contributed by atoms with E-state index in [1.54, 1.807) is 0 Å². The van der Waals surface area contributed by atoms with Gasteiger partial charge in [-0.15, -0.1) is 0 Å². The van der Waals surface area contributed by atoms with Gasteiger partial charge in [0.2, 0.25) is 0 Å². The number of nitrogens with two attached hydrogens (primary N) is 1. The highest BCUT2D eigenvalue weighted by Gasteiger charge is 2.21. The van der Waals surface area contributed by atoms with Crippen molar-refractivity contribution >= 4 is 5.97 Å². The summed E-state index contributed by atoms with van der Waals surface area (Å²) in [6.07, 6.45) is 2.32. The SMILES string of the molecule is COC(=O)CCC1CNCCC1N. The first-order chi connectivity index (χ1) is 6.24. The van der Waals surface area contributed by atoms with Gasteiger partial charge in [0.05, 0.1) is 7.11 Å². The number of hydrogen-bond acceptors (Lipinski definition) is 4. The van der Waals surface area contributed by atoms with Crippen LogP contribution in [-0.4, -0.2) is 32.2 Å². The van der Waals surface area contributed by atoms with Gasteiger partial charge in [-0.2, -0.15) is 0 Å². The van der Waals surface area contributed by atoms with Crippen LogP contribution in [0.4, 0.5) is 0 Å². The lowest BCUT2D eigenvalue weighted by Crippen LogP contribution is -2.44. The first-order valence-corrected chi connectivity index (χ1v) is 4.77. The molecule has 1 heterocycles. The zero-order chi connectivity index (χ0) is 9.68. The number of methoxy groups -OCH3 is 1. The molecule has 2 atom stereocenters. The minimum atomic E-state index is -0.141. The molecule has 4 heteroatoms. The van der Waals surface area contributed by atoms with Crippen LogP contribution < -0.4 is 11.1 Å². The van der Waals surface area contributed by atoms with Crippen LogP contribution >= 0.6 is 0 Å². The van der Waals surface area contributed by atoms with Crippen molar-refractivity contribution in [2.45, 2.75) is 25.3 Å². The van der Waals surface area contributed by atoms with Gasteiger partial charge in [0, 0.05) is 12.5 Å². The van der Waals surface area contributed by atoms with Crippen molar-refractivity contribution in [1.29, 1.82) is 0 Å². The maximum absolute atomic E-state index is 10.9. The Morgan fingerprint density at radius 3 is 3.08 bits per heavy atom. The van der Waals surface area contributed by atoms with E-state index < -0.39 is 0 Å². The molecule has 4 nitrogen and oxygen atoms in total. The zero-order valence-corrected chi connectivity index (χ0v) is 8.08. The van der Waals surface area contributed by atoms with Gasteiger partial charge in [-0.25, -0.2) is 0 Å². The average Bonchev–Trinajstić information content (AvgIpc) is 2.16. The van der Waals surface area contributed by atoms with Crippen LogP contribution in [0.1, 0.15) is 19.3 Å². The van der Waals surface area contributed by atoms with E-state index in [1.165, 1.54) is 7.11 Å². The number of carbonyl (C=O) groups excluding carboxylic acids is 1. The fraction of sp³-hybridized carbons (Fsp3) is 0.889. The molecule has 0 aromatic rings. The van der Waals surface area contributed by atoms with Crippen LogP contribution in [0.15, 0.2) is 0 Å². The molecule has 0 amide bonds. The predicted octanol–water partition coefficient (Wildman–Crippen LogP) is -0.124. The molecule has 1 saturated heterocycles. The molecule has 0 aromatic heterocycles. The van der Waals surface area contributed by atoms with Crippen LogP contribution in [0.25, 0.3) is 0 Å². The van der Waals surface area contributed by atoms with E-state index in [0.29, 0.717) is 12.3 Å². The van der Waals surface area contributed by atoms with Crippen LogP contribution in [0.2, 0.25) is 0 Å². The molecule has 1 fully saturated rings. The Morgan fingerprint density at radius 1 is 1.69 bits per heavy atom. The molecule has 76 valence electrons. The van der Waals surface area contributed by atoms with Gasteiger partial charge >= 0.3 is 5.97 Å². The zero-order valence-electron chi connectivity index (χ0n) is 8.08. The van der Waals surface area contributed by atoms with E-state index in [4.69, 9.17) is 5.73 Å². The number of esters is 1. The second-order valence-corrected chi connectivity index (χ2v) is 3.53. The average molecular weight is 186 g/mol. The highest BCUT2D eigenvalue weighted by Crippen LogP contribution is 2.15. The second-order valence-electron chi connectivity index (χ2n) is 3.53. The first kappa shape index (κ1) is 10.5. The fourth-order valence-electron chi connectivity index (χ4n) is 1.66. The molecule has 2 unspecified atom stereocenters. The van der Waals surface area contributed by atoms with Crippen molar-refractivity contribution in [3.63, 3.8) is 0 Å². The summed E-state index contributed by atoms with van der Waals surface area (Å²) in [6, 6.07) is 0.242. The third-order valence-electron chi connectivity index (χ3n) is 2.61. The molecule has 0 saturated carbocycles. The summed E-state index contributed by atoms with van der Waals surface area (Å²) in [6.45, 7) is 1.92. The third-order valence-corrected chi connectivity index (χ3v) is 2.61. The number of hydrogen-bond donors (Lipinski definition) is 2. The van der Waals surface area contributed by atoms with Gasteiger partial charge in [-0.1, -0.05) is 0 Å². The van der Waals surface area contributed by atoms with E-state index >= 15 is 0 Å². The predicted molar refractivity (Wildman–Crippen MR) is 50.2 cm³/mol. The Hall–Kier alpha value is -0.610. The molecule has 1 aliphatic rings. The van der Waals surface area contributed by atoms with Gasteiger partial charge < -0.3 is 15.8 Å². The van der Waals surface area contributed by atoms with Crippen molar-refractivity contribution < 1.29 is 9.53 Å². The van der Waals surface area contributed by atoms with Gasteiger partial charge in [0.1, 0.15) is 0 Å². The Balaban J connectivity index is 2.22. The molecular weight excluding hydrogens is 168 g/mol. The molecule has 0 aliphatic carbocycles. The molecule has 0 spiro atoms. The second kappa shape index (κ2) is 5.19. The smallest absolute Gasteiger partial charge is 0.305 e. The van der Waals surface area contributed by atoms with Crippen LogP contribution in [-0.2, 0) is 9.53 Å². The van der Waals surface area contributed by atoms with Crippen molar-refractivity contribution in [3.8, 4) is 0 Å². The molecular formula is C9H18N2O2. The summed E-state index contributed by atoms with van der Waals surface area (Å²) in [5.41, 5.74) is 5.91. The monoisotopic (exact) mass is 186 g/mol. The number of piperidine rings is 1. The lowest BCUT2D eigenvalue weighted by atomic mass is 9.90. The van der Waals surface area contributed by atoms with Crippen molar-refractivity contribution in [2.24, 2.45) is 11.7 Å². The fourth-order valence-corrected chi connectivity index (χ4v) is 1.66. The Labute approximate surface area is 78.8 Å². The topological polar surface area (TPSA) is 64.3 Å². The number of rotatable bonds is 3. The lowest BCUT2D eigenvalue weighted by molar-refractivity contribution is -0.141. The quantitative estimate of drug-likeness (QED) is 0.603. The van der Waals surface area contributed by atoms with Crippen molar-refractivity contribution in [1.82, 2.24) is 5.32 Å². The summed E-state index contributed by atoms with van der Waals surface area (Å²) in [5.74, 6) is 0.283. The van der Waals surface area contributed by atoms with Gasteiger partial charge in [-0.3, -0.25) is 4.79 Å². The first-order valence-electron chi connectivity index (χ1n) is 4.77. The molecule has 13 heavy (non-hydrogen) atoms. The third kappa shape index (κ3) is 3.32. The number of carbonyl (C=O) groups is 1. The summed E-state index contributed by atoms with van der Waals surface area (Å²) < 4.78 is 4.58. The Kier molecular flexibility index (Phi) is 4.18. The lowest BCUT2D eigenvalue weighted by Gasteiger charge is -2.28. The summed E-state index contributed by atoms with van der Waals surface area (Å²) >= 11 is 0. The van der Waals surface area contributed by atoms with E-state index in [1.807, 2.05) is 0 Å². The van der Waals surface area contributed by atoms with Crippen LogP contribution in [0.3, 0.4) is 0 Å². The van der Waals surface area contributed by atoms with E-state index in [9.17, 15) is 4.79 Å². The Bertz CT molecular complexity index is 173. The minimum Gasteiger partial charge on any atom is -0.469 e. The van der Waals surface area contributed by atoms with Crippen molar-refractivity contribution in [3.05, 3.63) is 0 Å². The molecule has 0 bridgehead atoms. The highest BCUT2D eigenvalue weighted by molar-refractivity contribution is 5.69. The van der Waals surface area contributed by atoms with Gasteiger partial charge in [0.15, 0.2) is 0 Å². The van der Waals surface area contributed by atoms with Gasteiger partial charge in [0.25, 0.3) is 0 Å². The van der Waals surface area contributed by atoms with E-state index in [0.717, 1.165) is 25.9 Å². The number of ether oxygens (including phenoxy) is 1. The summed E-state index contributed by atoms with van der Waals surface area (Å²) in [4.78, 5) is 10.9. The maximum atomic E-state index is 10.9. The van der Waals surface area contributed by atoms with Crippen molar-refractivity contribution in [2.75, 3.05) is 20.2 Å². The summed E-state index contributed by atoms with van der Waals surface area (Å²) in [5, 5.41) is 3.27. The maximum Gasteiger partial charge on any atom is 0.305 e. The molecule has 0 radical (unpaired) electrons. The molecule has 0 aromatic carbocycles. The number of nitrogens with one attached hydrogen (secondary N) is 1. The standard InChI is InChI=1S/C9H18N2O2/c1-13-9(12)3-2-7-6-11-5-4-8(7)10/h7-8,11H,2-6,10H2,1H3. The minimum absolute atomic E-state index is 0.141. The normalized spacial score (nSPS) is 28.5. The van der Waals surface area contributed by atoms with E-state index in [2.05, 4.69) is 10.1 Å². The molecule has 1 aliphatic heterocycles. The van der Waals surface area contributed by atoms with Crippen LogP contribution in [0, 0.1) is 5.92 Å². The summed E-state index contributed by atoms with van der Waals surface area (Å²) in [7, 11) is 1.42. The Morgan fingerprint density at radius 2 is 2.46 bits per heavy atom. The largest absolute Gasteiger partial charge is 0.469 e. The molecule has 1 rings (SSSR count). The highest BCUT2D eigenvalue weighted by atomic mass is 16.5. The van der Waals surface area contributed by atoms with E-state index in [-0.39, 0.29) is 12.0 Å².